The number of aryl methyl sites for hydroxylation is 2. The molecule has 1 aliphatic rings. The van der Waals surface area contributed by atoms with Crippen LogP contribution in [0.3, 0.4) is 0 Å². The molecule has 1 N–H and O–H groups in total. The van der Waals surface area contributed by atoms with E-state index >= 15 is 0 Å². The zero-order valence-corrected chi connectivity index (χ0v) is 14.5. The summed E-state index contributed by atoms with van der Waals surface area (Å²) in [7, 11) is 0. The van der Waals surface area contributed by atoms with Gasteiger partial charge in [-0.2, -0.15) is 0 Å². The molecule has 5 rings (SSSR count). The largest absolute Gasteiger partial charge is 0.417 e. The van der Waals surface area contributed by atoms with Gasteiger partial charge in [0.1, 0.15) is 5.82 Å². The third-order valence-electron chi connectivity index (χ3n) is 5.08. The summed E-state index contributed by atoms with van der Waals surface area (Å²) in [5.41, 5.74) is 7.66. The first-order valence-electron chi connectivity index (χ1n) is 8.89. The SMILES string of the molecule is O=c1[nH]c2cc(C=C3c4ccccc4CCc4cc(F)ccc43)ccc2o1. The maximum absolute atomic E-state index is 13.8. The number of hydrogen-bond acceptors (Lipinski definition) is 2. The monoisotopic (exact) mass is 357 g/mol. The topological polar surface area (TPSA) is 46.0 Å². The lowest BCUT2D eigenvalue weighted by atomic mass is 9.92. The summed E-state index contributed by atoms with van der Waals surface area (Å²) in [4.78, 5) is 14.1. The van der Waals surface area contributed by atoms with E-state index in [1.807, 2.05) is 30.3 Å². The van der Waals surface area contributed by atoms with Gasteiger partial charge in [-0.1, -0.05) is 36.4 Å². The van der Waals surface area contributed by atoms with Crippen molar-refractivity contribution in [2.24, 2.45) is 0 Å². The van der Waals surface area contributed by atoms with Crippen molar-refractivity contribution in [3.05, 3.63) is 105 Å². The highest BCUT2D eigenvalue weighted by molar-refractivity contribution is 5.95. The Labute approximate surface area is 154 Å². The van der Waals surface area contributed by atoms with Crippen molar-refractivity contribution in [2.75, 3.05) is 0 Å². The number of nitrogens with one attached hydrogen (secondary N) is 1. The number of fused-ring (bicyclic) bond motifs is 3. The number of H-pyrrole nitrogens is 1. The van der Waals surface area contributed by atoms with Crippen molar-refractivity contribution in [1.29, 1.82) is 0 Å². The molecule has 3 aromatic carbocycles. The average molecular weight is 357 g/mol. The lowest BCUT2D eigenvalue weighted by molar-refractivity contribution is 0.555. The summed E-state index contributed by atoms with van der Waals surface area (Å²) in [5.74, 6) is -0.674. The number of oxazole rings is 1. The maximum atomic E-state index is 13.8. The van der Waals surface area contributed by atoms with Crippen LogP contribution in [0.4, 0.5) is 4.39 Å². The van der Waals surface area contributed by atoms with E-state index in [0.29, 0.717) is 11.1 Å². The van der Waals surface area contributed by atoms with Gasteiger partial charge in [0.25, 0.3) is 0 Å². The Kier molecular flexibility index (Phi) is 3.57. The third-order valence-corrected chi connectivity index (χ3v) is 5.08. The van der Waals surface area contributed by atoms with Crippen LogP contribution in [0.25, 0.3) is 22.7 Å². The van der Waals surface area contributed by atoms with Gasteiger partial charge < -0.3 is 4.42 Å². The Bertz CT molecular complexity index is 1260. The van der Waals surface area contributed by atoms with Gasteiger partial charge >= 0.3 is 5.76 Å². The van der Waals surface area contributed by atoms with Crippen molar-refractivity contribution < 1.29 is 8.81 Å². The summed E-state index contributed by atoms with van der Waals surface area (Å²) >= 11 is 0. The summed E-state index contributed by atoms with van der Waals surface area (Å²) in [6, 6.07) is 18.9. The van der Waals surface area contributed by atoms with Crippen molar-refractivity contribution >= 4 is 22.7 Å². The lowest BCUT2D eigenvalue weighted by Crippen LogP contribution is -1.94. The molecule has 0 unspecified atom stereocenters. The van der Waals surface area contributed by atoms with Crippen molar-refractivity contribution in [2.45, 2.75) is 12.8 Å². The number of aromatic nitrogens is 1. The molecule has 27 heavy (non-hydrogen) atoms. The molecule has 0 saturated heterocycles. The van der Waals surface area contributed by atoms with Gasteiger partial charge in [0.05, 0.1) is 5.52 Å². The molecular weight excluding hydrogens is 341 g/mol. The van der Waals surface area contributed by atoms with E-state index in [-0.39, 0.29) is 5.82 Å². The van der Waals surface area contributed by atoms with Crippen LogP contribution >= 0.6 is 0 Å². The normalized spacial score (nSPS) is 14.8. The van der Waals surface area contributed by atoms with Gasteiger partial charge in [0.15, 0.2) is 5.58 Å². The fourth-order valence-corrected chi connectivity index (χ4v) is 3.83. The van der Waals surface area contributed by atoms with Gasteiger partial charge in [-0.3, -0.25) is 4.98 Å². The number of halogens is 1. The van der Waals surface area contributed by atoms with Gasteiger partial charge in [-0.25, -0.2) is 9.18 Å². The smallest absolute Gasteiger partial charge is 0.408 e. The van der Waals surface area contributed by atoms with Crippen LogP contribution < -0.4 is 5.76 Å². The van der Waals surface area contributed by atoms with E-state index < -0.39 is 5.76 Å². The molecule has 0 atom stereocenters. The highest BCUT2D eigenvalue weighted by atomic mass is 19.1. The zero-order valence-electron chi connectivity index (χ0n) is 14.5. The van der Waals surface area contributed by atoms with E-state index in [2.05, 4.69) is 23.2 Å². The van der Waals surface area contributed by atoms with Crippen molar-refractivity contribution in [3.8, 4) is 0 Å². The predicted molar refractivity (Wildman–Crippen MR) is 104 cm³/mol. The summed E-state index contributed by atoms with van der Waals surface area (Å²) in [6.07, 6.45) is 3.76. The molecule has 0 fully saturated rings. The molecule has 0 bridgehead atoms. The molecule has 0 radical (unpaired) electrons. The van der Waals surface area contributed by atoms with E-state index in [4.69, 9.17) is 4.42 Å². The highest BCUT2D eigenvalue weighted by Gasteiger charge is 2.18. The molecule has 1 aromatic heterocycles. The molecule has 1 heterocycles. The van der Waals surface area contributed by atoms with Crippen LogP contribution in [0.2, 0.25) is 0 Å². The van der Waals surface area contributed by atoms with E-state index in [9.17, 15) is 9.18 Å². The summed E-state index contributed by atoms with van der Waals surface area (Å²) in [5, 5.41) is 0. The molecule has 4 aromatic rings. The molecule has 132 valence electrons. The second-order valence-corrected chi connectivity index (χ2v) is 6.79. The fraction of sp³-hybridized carbons (Fsp3) is 0.0870. The Morgan fingerprint density at radius 1 is 0.926 bits per heavy atom. The Balaban J connectivity index is 1.75. The minimum Gasteiger partial charge on any atom is -0.408 e. The molecule has 0 saturated carbocycles. The first-order valence-corrected chi connectivity index (χ1v) is 8.89. The quantitative estimate of drug-likeness (QED) is 0.524. The summed E-state index contributed by atoms with van der Waals surface area (Å²) < 4.78 is 18.9. The Hall–Kier alpha value is -3.40. The second-order valence-electron chi connectivity index (χ2n) is 6.79. The molecule has 0 aliphatic heterocycles. The molecule has 0 amide bonds. The Morgan fingerprint density at radius 3 is 2.67 bits per heavy atom. The van der Waals surface area contributed by atoms with Crippen LogP contribution in [0, 0.1) is 5.82 Å². The first-order chi connectivity index (χ1) is 13.2. The van der Waals surface area contributed by atoms with Gasteiger partial charge in [-0.05, 0) is 76.6 Å². The molecule has 3 nitrogen and oxygen atoms in total. The molecular formula is C23H16FNO2. The van der Waals surface area contributed by atoms with E-state index in [1.165, 1.54) is 11.6 Å². The van der Waals surface area contributed by atoms with Crippen LogP contribution in [0.15, 0.2) is 69.9 Å². The maximum Gasteiger partial charge on any atom is 0.417 e. The van der Waals surface area contributed by atoms with Crippen LogP contribution in [0.1, 0.15) is 27.8 Å². The highest BCUT2D eigenvalue weighted by Crippen LogP contribution is 2.35. The number of aromatic amines is 1. The fourth-order valence-electron chi connectivity index (χ4n) is 3.83. The van der Waals surface area contributed by atoms with Crippen LogP contribution in [0.5, 0.6) is 0 Å². The number of benzene rings is 3. The van der Waals surface area contributed by atoms with Gasteiger partial charge in [0.2, 0.25) is 0 Å². The van der Waals surface area contributed by atoms with Gasteiger partial charge in [-0.15, -0.1) is 0 Å². The van der Waals surface area contributed by atoms with Crippen LogP contribution in [-0.4, -0.2) is 4.98 Å². The standard InChI is InChI=1S/C23H16FNO2/c24-17-8-9-19-16(13-17)7-6-15-3-1-2-4-18(15)20(19)11-14-5-10-22-21(12-14)25-23(26)27-22/h1-5,8-13H,6-7H2,(H,25,26). The van der Waals surface area contributed by atoms with Crippen LogP contribution in [-0.2, 0) is 12.8 Å². The number of rotatable bonds is 1. The van der Waals surface area contributed by atoms with E-state index in [1.54, 1.807) is 12.1 Å². The summed E-state index contributed by atoms with van der Waals surface area (Å²) in [6.45, 7) is 0. The molecule has 1 aliphatic carbocycles. The minimum absolute atomic E-state index is 0.212. The predicted octanol–water partition coefficient (Wildman–Crippen LogP) is 4.95. The third kappa shape index (κ3) is 2.79. The number of hydrogen-bond donors (Lipinski definition) is 1. The lowest BCUT2D eigenvalue weighted by Gasteiger charge is -2.12. The Morgan fingerprint density at radius 2 is 1.74 bits per heavy atom. The zero-order chi connectivity index (χ0) is 18.4. The van der Waals surface area contributed by atoms with Crippen molar-refractivity contribution in [3.63, 3.8) is 0 Å². The average Bonchev–Trinajstić information content (AvgIpc) is 2.97. The second kappa shape index (κ2) is 6.09. The molecule has 4 heteroatoms. The van der Waals surface area contributed by atoms with Crippen molar-refractivity contribution in [1.82, 2.24) is 4.98 Å². The first kappa shape index (κ1) is 15.8. The van der Waals surface area contributed by atoms with E-state index in [0.717, 1.165) is 40.7 Å². The minimum atomic E-state index is -0.463. The van der Waals surface area contributed by atoms with Gasteiger partial charge in [0, 0.05) is 0 Å². The molecule has 0 spiro atoms.